The van der Waals surface area contributed by atoms with Crippen molar-refractivity contribution in [2.24, 2.45) is 0 Å². The minimum atomic E-state index is 1.08. The molecule has 17 aromatic carbocycles. The van der Waals surface area contributed by atoms with Crippen molar-refractivity contribution in [1.29, 1.82) is 0 Å². The third-order valence-corrected chi connectivity index (χ3v) is 19.4. The molecule has 0 nitrogen and oxygen atoms in total. The van der Waals surface area contributed by atoms with Gasteiger partial charge in [0.2, 0.25) is 0 Å². The molecule has 0 heterocycles. The van der Waals surface area contributed by atoms with Gasteiger partial charge in [0.15, 0.2) is 0 Å². The van der Waals surface area contributed by atoms with Gasteiger partial charge in [-0.15, -0.1) is 0 Å². The quantitative estimate of drug-likeness (QED) is 0.105. The summed E-state index contributed by atoms with van der Waals surface area (Å²) in [5.41, 5.74) is 16.5. The van der Waals surface area contributed by atoms with Crippen molar-refractivity contribution in [3.63, 3.8) is 0 Å². The Kier molecular flexibility index (Phi) is 17.5. The van der Waals surface area contributed by atoms with Crippen molar-refractivity contribution < 1.29 is 0 Å². The maximum absolute atomic E-state index is 2.30. The first-order valence-electron chi connectivity index (χ1n) is 32.9. The van der Waals surface area contributed by atoms with E-state index in [0.29, 0.717) is 0 Å². The van der Waals surface area contributed by atoms with Crippen LogP contribution in [-0.2, 0) is 6.42 Å². The minimum absolute atomic E-state index is 1.08. The maximum atomic E-state index is 2.30. The first-order chi connectivity index (χ1) is 45.3. The maximum Gasteiger partial charge on any atom is -0.00735 e. The molecule has 0 aromatic heterocycles. The van der Waals surface area contributed by atoms with Crippen LogP contribution in [0.25, 0.3) is 125 Å². The van der Waals surface area contributed by atoms with Gasteiger partial charge >= 0.3 is 0 Å². The van der Waals surface area contributed by atoms with E-state index < -0.39 is 0 Å². The summed E-state index contributed by atoms with van der Waals surface area (Å²) in [6.07, 6.45) is 5.55. The molecule has 0 N–H and O–H groups in total. The highest BCUT2D eigenvalue weighted by Gasteiger charge is 2.12. The predicted molar refractivity (Wildman–Crippen MR) is 411 cm³/mol. The van der Waals surface area contributed by atoms with Gasteiger partial charge < -0.3 is 0 Å². The second kappa shape index (κ2) is 26.7. The average molecular weight is 1200 g/mol. The van der Waals surface area contributed by atoms with Crippen molar-refractivity contribution in [3.05, 3.63) is 352 Å². The summed E-state index contributed by atoms with van der Waals surface area (Å²) >= 11 is 0. The topological polar surface area (TPSA) is 0 Å². The Morgan fingerprint density at radius 1 is 0.194 bits per heavy atom. The van der Waals surface area contributed by atoms with Crippen molar-refractivity contribution >= 4 is 125 Å². The first-order valence-corrected chi connectivity index (χ1v) is 32.9. The summed E-state index contributed by atoms with van der Waals surface area (Å²) in [6.45, 7) is 21.9. The molecule has 0 aliphatic heterocycles. The molecule has 0 heteroatoms. The molecule has 0 bridgehead atoms. The standard InChI is InChI=1S/4C16H14.C15H12.C14H12/c1-11-13-7-3-5-9-15(13)12(2)16-10-6-4-8-14(11)16;1-11-7-8-12(2)16-10-14-6-4-3-5-13(14)9-15(11)16;2*1-11-7-8-12(2)16-14(11)10-9-13-5-3-4-6-15(13)16;1-11-10-12-6-2-3-8-14(12)15-9-5-4-7-13(11)15;1-10-8-9-12-5-2-4-11-6-3-7-13(10)14(11)12/h4*3-10H,1-2H3;2-10H,1H3;2-3,5-9H,4H2,1H3. The lowest BCUT2D eigenvalue weighted by molar-refractivity contribution is 1.29. The zero-order chi connectivity index (χ0) is 64.3. The molecule has 1 aliphatic rings. The number of aryl methyl sites for hydroxylation is 10. The smallest absolute Gasteiger partial charge is 0.00735 e. The fraction of sp³-hybridized carbons (Fsp3) is 0.118. The number of allylic oxidation sites excluding steroid dienone is 1. The number of rotatable bonds is 0. The lowest BCUT2D eigenvalue weighted by Crippen LogP contribution is -1.93. The van der Waals surface area contributed by atoms with Crippen LogP contribution in [0.3, 0.4) is 0 Å². The van der Waals surface area contributed by atoms with Gasteiger partial charge in [0.05, 0.1) is 0 Å². The molecule has 0 saturated heterocycles. The van der Waals surface area contributed by atoms with Gasteiger partial charge in [0, 0.05) is 0 Å². The molecule has 0 fully saturated rings. The highest BCUT2D eigenvalue weighted by molar-refractivity contribution is 6.12. The molecular formula is C93H80. The van der Waals surface area contributed by atoms with Crippen molar-refractivity contribution in [3.8, 4) is 0 Å². The van der Waals surface area contributed by atoms with E-state index >= 15 is 0 Å². The van der Waals surface area contributed by atoms with E-state index in [9.17, 15) is 0 Å². The molecule has 18 rings (SSSR count). The Labute approximate surface area is 548 Å². The molecule has 0 atom stereocenters. The van der Waals surface area contributed by atoms with Gasteiger partial charge in [-0.3, -0.25) is 0 Å². The van der Waals surface area contributed by atoms with Crippen LogP contribution in [0.2, 0.25) is 0 Å². The number of hydrogen-bond acceptors (Lipinski definition) is 0. The molecule has 93 heavy (non-hydrogen) atoms. The predicted octanol–water partition coefficient (Wildman–Crippen LogP) is 26.5. The van der Waals surface area contributed by atoms with E-state index in [1.807, 2.05) is 0 Å². The molecular weight excluding hydrogens is 1120 g/mol. The molecule has 0 spiro atoms. The van der Waals surface area contributed by atoms with Crippen LogP contribution < -0.4 is 0 Å². The summed E-state index contributed by atoms with van der Waals surface area (Å²) < 4.78 is 0. The van der Waals surface area contributed by atoms with E-state index in [-0.39, 0.29) is 0 Å². The summed E-state index contributed by atoms with van der Waals surface area (Å²) in [7, 11) is 0. The Hall–Kier alpha value is -10.7. The van der Waals surface area contributed by atoms with Gasteiger partial charge in [0.25, 0.3) is 0 Å². The fourth-order valence-corrected chi connectivity index (χ4v) is 14.3. The molecule has 0 saturated carbocycles. The lowest BCUT2D eigenvalue weighted by Gasteiger charge is -2.13. The largest absolute Gasteiger partial charge is 0.0795 e. The van der Waals surface area contributed by atoms with Gasteiger partial charge in [-0.25, -0.2) is 0 Å². The monoisotopic (exact) mass is 1200 g/mol. The van der Waals surface area contributed by atoms with Crippen molar-refractivity contribution in [1.82, 2.24) is 0 Å². The van der Waals surface area contributed by atoms with Gasteiger partial charge in [-0.2, -0.15) is 0 Å². The van der Waals surface area contributed by atoms with Gasteiger partial charge in [-0.05, 0) is 273 Å². The van der Waals surface area contributed by atoms with E-state index in [2.05, 4.69) is 360 Å². The minimum Gasteiger partial charge on any atom is -0.0795 e. The molecule has 17 aromatic rings. The van der Waals surface area contributed by atoms with Crippen LogP contribution in [0, 0.1) is 69.2 Å². The van der Waals surface area contributed by atoms with E-state index in [1.165, 1.54) is 185 Å². The Morgan fingerprint density at radius 2 is 0.538 bits per heavy atom. The lowest BCUT2D eigenvalue weighted by atomic mass is 9.91. The molecule has 0 unspecified atom stereocenters. The second-order valence-electron chi connectivity index (χ2n) is 25.5. The summed E-state index contributed by atoms with van der Waals surface area (Å²) in [4.78, 5) is 0. The third-order valence-electron chi connectivity index (χ3n) is 19.4. The molecule has 0 amide bonds. The summed E-state index contributed by atoms with van der Waals surface area (Å²) in [5.74, 6) is 0. The average Bonchev–Trinajstić information content (AvgIpc) is 0.982. The second-order valence-corrected chi connectivity index (χ2v) is 25.5. The zero-order valence-corrected chi connectivity index (χ0v) is 55.4. The van der Waals surface area contributed by atoms with Gasteiger partial charge in [0.1, 0.15) is 0 Å². The van der Waals surface area contributed by atoms with Crippen molar-refractivity contribution in [2.75, 3.05) is 0 Å². The number of fused-ring (bicyclic) bond motifs is 13. The normalized spacial score (nSPS) is 11.5. The highest BCUT2D eigenvalue weighted by atomic mass is 14.2. The molecule has 452 valence electrons. The number of hydrogen-bond donors (Lipinski definition) is 0. The summed E-state index contributed by atoms with van der Waals surface area (Å²) in [6, 6.07) is 100. The Balaban J connectivity index is 0.000000102. The highest BCUT2D eigenvalue weighted by Crippen LogP contribution is 2.36. The van der Waals surface area contributed by atoms with Crippen LogP contribution in [0.4, 0.5) is 0 Å². The van der Waals surface area contributed by atoms with Crippen LogP contribution in [0.15, 0.2) is 285 Å². The van der Waals surface area contributed by atoms with Crippen LogP contribution in [0.1, 0.15) is 66.8 Å². The SMILES string of the molecule is Cc1c2ccccc2c(C)c2ccccc12.Cc1cc2ccccc2c2ccccc12.Cc1ccc(C)c2c1ccc1ccccc12.Cc1ccc(C)c2c1ccc1ccccc12.Cc1ccc(C)c2cc3ccccc3cc12.Cc1ccc2c3c(cccc13)CC=C2. The zero-order valence-electron chi connectivity index (χ0n) is 55.4. The Morgan fingerprint density at radius 3 is 1.01 bits per heavy atom. The van der Waals surface area contributed by atoms with Crippen LogP contribution >= 0.6 is 0 Å². The van der Waals surface area contributed by atoms with E-state index in [0.717, 1.165) is 6.42 Å². The van der Waals surface area contributed by atoms with Crippen molar-refractivity contribution in [2.45, 2.75) is 75.7 Å². The molecule has 1 aliphatic carbocycles. The fourth-order valence-electron chi connectivity index (χ4n) is 14.3. The van der Waals surface area contributed by atoms with Gasteiger partial charge in [-0.1, -0.05) is 279 Å². The third kappa shape index (κ3) is 12.3. The molecule has 0 radical (unpaired) electrons. The van der Waals surface area contributed by atoms with E-state index in [4.69, 9.17) is 0 Å². The Bertz CT molecular complexity index is 5380. The van der Waals surface area contributed by atoms with E-state index in [1.54, 1.807) is 0 Å². The van der Waals surface area contributed by atoms with Crippen LogP contribution in [-0.4, -0.2) is 0 Å². The summed E-state index contributed by atoms with van der Waals surface area (Å²) in [5, 5.41) is 30.1. The van der Waals surface area contributed by atoms with Crippen LogP contribution in [0.5, 0.6) is 0 Å². The first kappa shape index (κ1) is 61.2. The number of benzene rings is 17.